The van der Waals surface area contributed by atoms with Crippen LogP contribution in [0.4, 0.5) is 22.7 Å². The van der Waals surface area contributed by atoms with Gasteiger partial charge >= 0.3 is 0 Å². The van der Waals surface area contributed by atoms with E-state index in [-0.39, 0.29) is 5.41 Å². The van der Waals surface area contributed by atoms with Gasteiger partial charge in [-0.1, -0.05) is 135 Å². The standard InChI is InChI=1S/C65H55B2N7O/c1-65(2,3)47-29-32-58-54(41-47)51-31-30-49(43-62(51)74(58)64-70-57-25-8-9-26-59(57)71(64)4)75-50-40-46(45-19-6-5-7-20-45)39-48(42-50)72-44-73(61-28-11-10-27-60(61)72)63-52(55-23-17-37-68-35-14-12-33-66-55)21-16-22-53(63)56-24-18-38-69-36-15-13-34-67-56/h5-43,68-69H,44H2,1-4H3/b33-12-,34-13-,35-14-,36-15-,37-17-,38-18-,55-23-,56-24-/i4D3. The number of nitrogens with zero attached hydrogens (tertiary/aromatic N) is 5. The van der Waals surface area contributed by atoms with Crippen LogP contribution in [0.2, 0.25) is 0 Å². The predicted octanol–water partition coefficient (Wildman–Crippen LogP) is 15.1. The topological polar surface area (TPSA) is 62.5 Å². The molecule has 0 amide bonds. The second kappa shape index (κ2) is 20.0. The first-order valence-electron chi connectivity index (χ1n) is 26.8. The Morgan fingerprint density at radius 2 is 1.24 bits per heavy atom. The van der Waals surface area contributed by atoms with E-state index in [1.54, 1.807) is 0 Å². The molecule has 0 bridgehead atoms. The summed E-state index contributed by atoms with van der Waals surface area (Å²) in [4.78, 5) is 9.82. The first-order chi connectivity index (χ1) is 38.0. The van der Waals surface area contributed by atoms with E-state index in [9.17, 15) is 0 Å². The number of para-hydroxylation sites is 5. The van der Waals surface area contributed by atoms with Crippen molar-refractivity contribution in [3.8, 4) is 28.6 Å². The van der Waals surface area contributed by atoms with Crippen molar-refractivity contribution in [3.63, 3.8) is 0 Å². The van der Waals surface area contributed by atoms with Crippen molar-refractivity contribution in [3.05, 3.63) is 254 Å². The monoisotopic (exact) mass is 974 g/mol. The second-order valence-corrected chi connectivity index (χ2v) is 19.7. The molecule has 75 heavy (non-hydrogen) atoms. The lowest BCUT2D eigenvalue weighted by atomic mass is 9.63. The van der Waals surface area contributed by atoms with E-state index >= 15 is 0 Å². The lowest BCUT2D eigenvalue weighted by Crippen LogP contribution is -2.26. The fourth-order valence-electron chi connectivity index (χ4n) is 10.2. The van der Waals surface area contributed by atoms with Crippen LogP contribution in [0.1, 0.15) is 41.6 Å². The molecule has 2 N–H and O–H groups in total. The Bertz CT molecular complexity index is 3970. The summed E-state index contributed by atoms with van der Waals surface area (Å²) in [6.07, 6.45) is 24.1. The van der Waals surface area contributed by atoms with Crippen molar-refractivity contribution < 1.29 is 8.85 Å². The number of aryl methyl sites for hydroxylation is 1. The van der Waals surface area contributed by atoms with Crippen LogP contribution in [0, 0.1) is 0 Å². The number of nitrogens with one attached hydrogen (secondary N) is 2. The van der Waals surface area contributed by atoms with Crippen molar-refractivity contribution in [1.82, 2.24) is 24.8 Å². The third-order valence-electron chi connectivity index (χ3n) is 13.9. The summed E-state index contributed by atoms with van der Waals surface area (Å²) in [5.41, 5.74) is 14.2. The fraction of sp³-hybridized carbons (Fsp3) is 0.0923. The van der Waals surface area contributed by atoms with Gasteiger partial charge in [-0.2, -0.15) is 0 Å². The van der Waals surface area contributed by atoms with E-state index in [0.717, 1.165) is 77.8 Å². The van der Waals surface area contributed by atoms with Gasteiger partial charge in [-0.05, 0) is 118 Å². The average Bonchev–Trinajstić information content (AvgIpc) is 4.35. The second-order valence-electron chi connectivity index (χ2n) is 19.7. The van der Waals surface area contributed by atoms with Crippen molar-refractivity contribution in [1.29, 1.82) is 0 Å². The highest BCUT2D eigenvalue weighted by molar-refractivity contribution is 6.67. The van der Waals surface area contributed by atoms with Crippen molar-refractivity contribution in [2.75, 3.05) is 16.5 Å². The van der Waals surface area contributed by atoms with Crippen LogP contribution in [0.15, 0.2) is 237 Å². The van der Waals surface area contributed by atoms with Gasteiger partial charge in [0.05, 0.1) is 39.1 Å². The number of hydrogen-bond donors (Lipinski definition) is 2. The molecule has 362 valence electrons. The van der Waals surface area contributed by atoms with Crippen LogP contribution in [-0.4, -0.2) is 35.3 Å². The number of fused-ring (bicyclic) bond motifs is 5. The molecule has 0 aliphatic carbocycles. The molecule has 2 aromatic heterocycles. The minimum Gasteiger partial charge on any atom is -0.457 e. The maximum atomic E-state index is 8.79. The number of hydrogen-bond acceptors (Lipinski definition) is 6. The summed E-state index contributed by atoms with van der Waals surface area (Å²) in [7, 11) is 4.33. The summed E-state index contributed by atoms with van der Waals surface area (Å²) in [5, 5.41) is 8.42. The van der Waals surface area contributed by atoms with Gasteiger partial charge in [0.2, 0.25) is 5.95 Å². The molecule has 5 heterocycles. The Balaban J connectivity index is 1.01. The van der Waals surface area contributed by atoms with Crippen LogP contribution in [0.5, 0.6) is 11.5 Å². The van der Waals surface area contributed by atoms with Crippen molar-refractivity contribution in [2.45, 2.75) is 26.2 Å². The number of allylic oxidation sites excluding steroid dienone is 8. The molecule has 7 aromatic carbocycles. The molecule has 9 aromatic rings. The van der Waals surface area contributed by atoms with Gasteiger partial charge in [-0.25, -0.2) is 4.98 Å². The van der Waals surface area contributed by atoms with Crippen LogP contribution >= 0.6 is 0 Å². The van der Waals surface area contributed by atoms with Gasteiger partial charge in [0, 0.05) is 64.5 Å². The Labute approximate surface area is 444 Å². The molecule has 0 saturated heterocycles. The van der Waals surface area contributed by atoms with Gasteiger partial charge in [0.1, 0.15) is 18.2 Å². The minimum absolute atomic E-state index is 0.124. The van der Waals surface area contributed by atoms with E-state index in [4.69, 9.17) is 13.8 Å². The van der Waals surface area contributed by atoms with E-state index < -0.39 is 6.98 Å². The van der Waals surface area contributed by atoms with Gasteiger partial charge in [-0.3, -0.25) is 4.57 Å². The highest BCUT2D eigenvalue weighted by atomic mass is 16.5. The quantitative estimate of drug-likeness (QED) is 0.148. The highest BCUT2D eigenvalue weighted by Gasteiger charge is 2.32. The average molecular weight is 975 g/mol. The highest BCUT2D eigenvalue weighted by Crippen LogP contribution is 2.49. The fourth-order valence-corrected chi connectivity index (χ4v) is 10.2. The van der Waals surface area contributed by atoms with Gasteiger partial charge < -0.3 is 29.7 Å². The number of anilines is 4. The van der Waals surface area contributed by atoms with Crippen LogP contribution in [0.25, 0.3) is 60.9 Å². The normalized spacial score (nSPS) is 19.3. The molecule has 12 rings (SSSR count). The van der Waals surface area contributed by atoms with Crippen LogP contribution in [0.3, 0.4) is 0 Å². The summed E-state index contributed by atoms with van der Waals surface area (Å²) in [6.45, 7) is 4.57. The van der Waals surface area contributed by atoms with Crippen molar-refractivity contribution in [2.24, 2.45) is 6.98 Å². The largest absolute Gasteiger partial charge is 0.457 e. The molecule has 0 fully saturated rings. The van der Waals surface area contributed by atoms with Crippen LogP contribution in [-0.2, 0) is 12.4 Å². The molecule has 0 unspecified atom stereocenters. The molecule has 3 aliphatic rings. The molecule has 0 spiro atoms. The third kappa shape index (κ3) is 9.20. The number of imidazole rings is 1. The molecule has 8 nitrogen and oxygen atoms in total. The van der Waals surface area contributed by atoms with E-state index in [2.05, 4.69) is 189 Å². The zero-order valence-corrected chi connectivity index (χ0v) is 42.0. The molecular formula is C65H55B2N7O. The van der Waals surface area contributed by atoms with Crippen LogP contribution < -0.4 is 25.2 Å². The van der Waals surface area contributed by atoms with Crippen molar-refractivity contribution >= 4 is 81.1 Å². The number of aromatic nitrogens is 3. The number of benzene rings is 7. The van der Waals surface area contributed by atoms with E-state index in [0.29, 0.717) is 35.1 Å². The predicted molar refractivity (Wildman–Crippen MR) is 316 cm³/mol. The minimum atomic E-state index is -2.52. The lowest BCUT2D eigenvalue weighted by Gasteiger charge is -2.28. The Morgan fingerprint density at radius 1 is 0.560 bits per heavy atom. The lowest BCUT2D eigenvalue weighted by molar-refractivity contribution is 0.483. The molecular weight excluding hydrogens is 916 g/mol. The Hall–Kier alpha value is -9.14. The number of ether oxygens (including phenoxy) is 1. The summed E-state index contributed by atoms with van der Waals surface area (Å²) in [6, 6.07) is 52.0. The van der Waals surface area contributed by atoms with Gasteiger partial charge in [0.25, 0.3) is 0 Å². The molecule has 0 saturated carbocycles. The third-order valence-corrected chi connectivity index (χ3v) is 13.9. The molecule has 2 radical (unpaired) electrons. The van der Waals surface area contributed by atoms with Gasteiger partial charge in [-0.15, -0.1) is 12.0 Å². The van der Waals surface area contributed by atoms with E-state index in [1.165, 1.54) is 10.1 Å². The molecule has 10 heteroatoms. The maximum absolute atomic E-state index is 8.79. The van der Waals surface area contributed by atoms with E-state index in [1.807, 2.05) is 108 Å². The first kappa shape index (κ1) is 43.4. The molecule has 3 aliphatic heterocycles. The zero-order valence-electron chi connectivity index (χ0n) is 45.0. The Kier molecular flexibility index (Phi) is 11.6. The Morgan fingerprint density at radius 3 is 1.96 bits per heavy atom. The smallest absolute Gasteiger partial charge is 0.215 e. The molecule has 0 atom stereocenters. The zero-order chi connectivity index (χ0) is 53.4. The summed E-state index contributed by atoms with van der Waals surface area (Å²) < 4.78 is 36.8. The summed E-state index contributed by atoms with van der Waals surface area (Å²) in [5.74, 6) is 5.69. The summed E-state index contributed by atoms with van der Waals surface area (Å²) >= 11 is 0. The SMILES string of the molecule is [2H]C([2H])([2H])n1c(-n2c3ccc(C(C)(C)C)cc3c3ccc(Oc4cc(-c5ccccc5)cc(N5CN(c6c(/C7=C/C=C\N/C=C\C=C/[B]7)cccc6/C6=C/C=C\N/C=C\C=C/[B]6)c6ccccc65)c4)cc32)nc2ccccc21. The first-order valence-corrected chi connectivity index (χ1v) is 25.3. The maximum Gasteiger partial charge on any atom is 0.215 e. The number of rotatable bonds is 8. The van der Waals surface area contributed by atoms with Gasteiger partial charge in [0.15, 0.2) is 14.6 Å².